The van der Waals surface area contributed by atoms with Crippen molar-refractivity contribution >= 4 is 55.9 Å². The molecule has 208 valence electrons. The van der Waals surface area contributed by atoms with Crippen molar-refractivity contribution in [1.82, 2.24) is 0 Å². The fourth-order valence-electron chi connectivity index (χ4n) is 4.64. The fraction of sp³-hybridized carbons (Fsp3) is 0.0968. The van der Waals surface area contributed by atoms with Crippen molar-refractivity contribution < 1.29 is 18.0 Å². The van der Waals surface area contributed by atoms with E-state index in [1.165, 1.54) is 19.1 Å². The van der Waals surface area contributed by atoms with Crippen LogP contribution in [0, 0.1) is 0 Å². The van der Waals surface area contributed by atoms with Crippen LogP contribution in [-0.4, -0.2) is 33.3 Å². The summed E-state index contributed by atoms with van der Waals surface area (Å²) in [7, 11) is -3.83. The van der Waals surface area contributed by atoms with Gasteiger partial charge in [0.2, 0.25) is 5.91 Å². The molecule has 0 aromatic heterocycles. The lowest BCUT2D eigenvalue weighted by molar-refractivity contribution is -0.116. The number of amides is 2. The molecule has 0 fully saturated rings. The first-order chi connectivity index (χ1) is 19.8. The Bertz CT molecular complexity index is 1720. The molecule has 4 aromatic carbocycles. The summed E-state index contributed by atoms with van der Waals surface area (Å²) >= 11 is 0. The normalized spacial score (nSPS) is 13.7. The number of carbonyl (C=O) groups is 2. The Morgan fingerprint density at radius 1 is 0.878 bits per heavy atom. The van der Waals surface area contributed by atoms with Gasteiger partial charge < -0.3 is 21.3 Å². The molecule has 0 aliphatic carbocycles. The molecule has 0 unspecified atom stereocenters. The molecule has 9 nitrogen and oxygen atoms in total. The highest BCUT2D eigenvalue weighted by Crippen LogP contribution is 2.39. The Labute approximate surface area is 238 Å². The Morgan fingerprint density at radius 2 is 1.51 bits per heavy atom. The van der Waals surface area contributed by atoms with E-state index in [-0.39, 0.29) is 16.7 Å². The SMILES string of the molecule is CC(=O)N(CCN)c1ccc(NC(=C2C(=O)Nc3ccc(NS(=O)(=O)c4ccccc4)cc32)c2ccccc2)cc1. The van der Waals surface area contributed by atoms with Gasteiger partial charge in [-0.3, -0.25) is 14.3 Å². The van der Waals surface area contributed by atoms with Crippen molar-refractivity contribution in [1.29, 1.82) is 0 Å². The number of fused-ring (bicyclic) bond motifs is 1. The summed E-state index contributed by atoms with van der Waals surface area (Å²) in [6.07, 6.45) is 0. The van der Waals surface area contributed by atoms with Crippen molar-refractivity contribution in [2.75, 3.05) is 33.3 Å². The van der Waals surface area contributed by atoms with E-state index in [2.05, 4.69) is 15.4 Å². The summed E-state index contributed by atoms with van der Waals surface area (Å²) in [5.41, 5.74) is 10.2. The zero-order chi connectivity index (χ0) is 29.0. The molecule has 0 atom stereocenters. The Balaban J connectivity index is 1.54. The third kappa shape index (κ3) is 5.98. The standard InChI is InChI=1S/C31H29N5O4S/c1-21(37)36(19-18-32)25-15-12-23(13-16-25)33-30(22-8-4-2-5-9-22)29-27-20-24(14-17-28(27)34-31(29)38)35-41(39,40)26-10-6-3-7-11-26/h2-17,20,33,35H,18-19,32H2,1H3,(H,34,38). The first kappa shape index (κ1) is 27.6. The van der Waals surface area contributed by atoms with Crippen LogP contribution in [0.4, 0.5) is 22.7 Å². The summed E-state index contributed by atoms with van der Waals surface area (Å²) in [4.78, 5) is 27.1. The number of nitrogens with two attached hydrogens (primary N) is 1. The third-order valence-electron chi connectivity index (χ3n) is 6.56. The highest BCUT2D eigenvalue weighted by atomic mass is 32.2. The Kier molecular flexibility index (Phi) is 7.86. The summed E-state index contributed by atoms with van der Waals surface area (Å²) < 4.78 is 28.5. The van der Waals surface area contributed by atoms with Crippen LogP contribution in [0.2, 0.25) is 0 Å². The van der Waals surface area contributed by atoms with E-state index in [0.29, 0.717) is 52.7 Å². The number of carbonyl (C=O) groups excluding carboxylic acids is 2. The molecule has 2 amide bonds. The van der Waals surface area contributed by atoms with Gasteiger partial charge in [-0.1, -0.05) is 48.5 Å². The van der Waals surface area contributed by atoms with Crippen LogP contribution in [0.3, 0.4) is 0 Å². The average molecular weight is 568 g/mol. The first-order valence-corrected chi connectivity index (χ1v) is 14.4. The van der Waals surface area contributed by atoms with Crippen LogP contribution < -0.4 is 26.0 Å². The van der Waals surface area contributed by atoms with Crippen molar-refractivity contribution in [3.8, 4) is 0 Å². The quantitative estimate of drug-likeness (QED) is 0.216. The van der Waals surface area contributed by atoms with Crippen LogP contribution in [-0.2, 0) is 19.6 Å². The summed E-state index contributed by atoms with van der Waals surface area (Å²) in [6, 6.07) is 29.7. The van der Waals surface area contributed by atoms with Gasteiger partial charge in [0.1, 0.15) is 0 Å². The number of nitrogens with zero attached hydrogens (tertiary/aromatic N) is 1. The number of sulfonamides is 1. The lowest BCUT2D eigenvalue weighted by Crippen LogP contribution is -2.33. The van der Waals surface area contributed by atoms with E-state index >= 15 is 0 Å². The zero-order valence-corrected chi connectivity index (χ0v) is 23.1. The van der Waals surface area contributed by atoms with Crippen LogP contribution >= 0.6 is 0 Å². The highest BCUT2D eigenvalue weighted by Gasteiger charge is 2.29. The van der Waals surface area contributed by atoms with Crippen LogP contribution in [0.5, 0.6) is 0 Å². The van der Waals surface area contributed by atoms with Crippen LogP contribution in [0.15, 0.2) is 108 Å². The molecule has 1 aliphatic heterocycles. The summed E-state index contributed by atoms with van der Waals surface area (Å²) in [6.45, 7) is 2.22. The van der Waals surface area contributed by atoms with Gasteiger partial charge in [0.25, 0.3) is 15.9 Å². The van der Waals surface area contributed by atoms with Crippen LogP contribution in [0.1, 0.15) is 18.1 Å². The molecular formula is C31H29N5O4S. The molecule has 0 spiro atoms. The average Bonchev–Trinajstić information content (AvgIpc) is 3.30. The Morgan fingerprint density at radius 3 is 2.15 bits per heavy atom. The lowest BCUT2D eigenvalue weighted by Gasteiger charge is -2.21. The van der Waals surface area contributed by atoms with E-state index in [1.54, 1.807) is 41.3 Å². The van der Waals surface area contributed by atoms with Gasteiger partial charge >= 0.3 is 0 Å². The predicted molar refractivity (Wildman–Crippen MR) is 163 cm³/mol. The van der Waals surface area contributed by atoms with Crippen LogP contribution in [0.25, 0.3) is 11.3 Å². The van der Waals surface area contributed by atoms with Gasteiger partial charge in [-0.25, -0.2) is 8.42 Å². The van der Waals surface area contributed by atoms with Gasteiger partial charge in [-0.2, -0.15) is 0 Å². The van der Waals surface area contributed by atoms with E-state index in [4.69, 9.17) is 5.73 Å². The van der Waals surface area contributed by atoms with E-state index in [1.807, 2.05) is 54.6 Å². The highest BCUT2D eigenvalue weighted by molar-refractivity contribution is 7.92. The number of benzene rings is 4. The maximum atomic E-state index is 13.3. The first-order valence-electron chi connectivity index (χ1n) is 13.0. The number of nitrogens with one attached hydrogen (secondary N) is 3. The lowest BCUT2D eigenvalue weighted by atomic mass is 9.99. The second-order valence-electron chi connectivity index (χ2n) is 9.38. The largest absolute Gasteiger partial charge is 0.354 e. The molecule has 0 bridgehead atoms. The maximum absolute atomic E-state index is 13.3. The molecular weight excluding hydrogens is 538 g/mol. The molecule has 5 rings (SSSR count). The zero-order valence-electron chi connectivity index (χ0n) is 22.3. The van der Waals surface area contributed by atoms with Crippen molar-refractivity contribution in [2.24, 2.45) is 5.73 Å². The number of hydrogen-bond donors (Lipinski definition) is 4. The minimum atomic E-state index is -3.83. The van der Waals surface area contributed by atoms with Gasteiger partial charge in [-0.05, 0) is 60.2 Å². The van der Waals surface area contributed by atoms with Gasteiger partial charge in [0, 0.05) is 48.3 Å². The topological polar surface area (TPSA) is 134 Å². The van der Waals surface area contributed by atoms with Gasteiger partial charge in [-0.15, -0.1) is 0 Å². The molecule has 5 N–H and O–H groups in total. The van der Waals surface area contributed by atoms with Gasteiger partial charge in [0.05, 0.1) is 16.2 Å². The number of hydrogen-bond acceptors (Lipinski definition) is 6. The van der Waals surface area contributed by atoms with E-state index < -0.39 is 10.0 Å². The van der Waals surface area contributed by atoms with Crippen molar-refractivity contribution in [2.45, 2.75) is 11.8 Å². The second kappa shape index (κ2) is 11.7. The van der Waals surface area contributed by atoms with Crippen molar-refractivity contribution in [3.63, 3.8) is 0 Å². The smallest absolute Gasteiger partial charge is 0.261 e. The molecule has 0 saturated carbocycles. The maximum Gasteiger partial charge on any atom is 0.261 e. The second-order valence-corrected chi connectivity index (χ2v) is 11.1. The molecule has 4 aromatic rings. The summed E-state index contributed by atoms with van der Waals surface area (Å²) in [5, 5.41) is 6.27. The number of anilines is 4. The molecule has 1 heterocycles. The molecule has 0 saturated heterocycles. The Hall–Kier alpha value is -4.93. The molecule has 0 radical (unpaired) electrons. The monoisotopic (exact) mass is 567 g/mol. The third-order valence-corrected chi connectivity index (χ3v) is 7.96. The minimum Gasteiger partial charge on any atom is -0.354 e. The van der Waals surface area contributed by atoms with E-state index in [0.717, 1.165) is 5.56 Å². The molecule has 1 aliphatic rings. The predicted octanol–water partition coefficient (Wildman–Crippen LogP) is 4.73. The molecule has 10 heteroatoms. The fourth-order valence-corrected chi connectivity index (χ4v) is 5.71. The minimum absolute atomic E-state index is 0.110. The number of rotatable bonds is 9. The summed E-state index contributed by atoms with van der Waals surface area (Å²) in [5.74, 6) is -0.432. The van der Waals surface area contributed by atoms with Gasteiger partial charge in [0.15, 0.2) is 0 Å². The van der Waals surface area contributed by atoms with E-state index in [9.17, 15) is 18.0 Å². The molecule has 41 heavy (non-hydrogen) atoms. The van der Waals surface area contributed by atoms with Crippen molar-refractivity contribution in [3.05, 3.63) is 114 Å².